The van der Waals surface area contributed by atoms with Crippen molar-refractivity contribution in [1.82, 2.24) is 4.90 Å². The Morgan fingerprint density at radius 3 is 2.19 bits per heavy atom. The molecular formula is C15H25N3O2S. The Hall–Kier alpha value is -1.11. The Kier molecular flexibility index (Phi) is 5.24. The van der Waals surface area contributed by atoms with Gasteiger partial charge in [0.05, 0.1) is 4.90 Å². The molecule has 1 atom stereocenters. The molecular weight excluding hydrogens is 286 g/mol. The molecule has 6 heteroatoms. The van der Waals surface area contributed by atoms with Crippen molar-refractivity contribution >= 4 is 15.5 Å². The summed E-state index contributed by atoms with van der Waals surface area (Å²) in [5.41, 5.74) is 6.76. The second-order valence-electron chi connectivity index (χ2n) is 5.89. The molecule has 0 amide bonds. The van der Waals surface area contributed by atoms with Gasteiger partial charge >= 0.3 is 0 Å². The average Bonchev–Trinajstić information content (AvgIpc) is 2.47. The van der Waals surface area contributed by atoms with Gasteiger partial charge in [0.1, 0.15) is 0 Å². The maximum absolute atomic E-state index is 11.5. The van der Waals surface area contributed by atoms with Gasteiger partial charge < -0.3 is 10.6 Å². The highest BCUT2D eigenvalue weighted by Gasteiger charge is 2.18. The van der Waals surface area contributed by atoms with Gasteiger partial charge in [0.25, 0.3) is 0 Å². The van der Waals surface area contributed by atoms with E-state index in [2.05, 4.69) is 16.7 Å². The molecule has 2 N–H and O–H groups in total. The van der Waals surface area contributed by atoms with Gasteiger partial charge in [-0.25, -0.2) is 8.42 Å². The van der Waals surface area contributed by atoms with E-state index in [1.165, 1.54) is 6.26 Å². The largest absolute Gasteiger partial charge is 0.369 e. The third-order valence-corrected chi connectivity index (χ3v) is 5.10. The van der Waals surface area contributed by atoms with E-state index in [4.69, 9.17) is 5.73 Å². The van der Waals surface area contributed by atoms with Crippen molar-refractivity contribution in [2.75, 3.05) is 50.4 Å². The molecule has 0 radical (unpaired) electrons. The molecule has 0 aliphatic carbocycles. The highest BCUT2D eigenvalue weighted by Crippen LogP contribution is 2.19. The summed E-state index contributed by atoms with van der Waals surface area (Å²) in [6, 6.07) is 7.17. The van der Waals surface area contributed by atoms with E-state index in [1.54, 1.807) is 12.1 Å². The summed E-state index contributed by atoms with van der Waals surface area (Å²) < 4.78 is 22.9. The molecule has 1 heterocycles. The highest BCUT2D eigenvalue weighted by atomic mass is 32.2. The summed E-state index contributed by atoms with van der Waals surface area (Å²) in [7, 11) is -3.11. The number of piperazine rings is 1. The van der Waals surface area contributed by atoms with Crippen molar-refractivity contribution in [3.8, 4) is 0 Å². The van der Waals surface area contributed by atoms with Crippen LogP contribution in [0.3, 0.4) is 0 Å². The standard InChI is InChI=1S/C15H25N3O2S/c1-13(11-16)12-17-7-9-18(10-8-17)14-3-5-15(6-4-14)21(2,19)20/h3-6,13H,7-12,16H2,1-2H3. The number of benzene rings is 1. The summed E-state index contributed by atoms with van der Waals surface area (Å²) in [4.78, 5) is 5.12. The molecule has 0 bridgehead atoms. The molecule has 118 valence electrons. The van der Waals surface area contributed by atoms with Gasteiger partial charge in [-0.15, -0.1) is 0 Å². The first-order valence-electron chi connectivity index (χ1n) is 7.37. The van der Waals surface area contributed by atoms with E-state index in [0.29, 0.717) is 10.8 Å². The zero-order valence-corrected chi connectivity index (χ0v) is 13.6. The Balaban J connectivity index is 1.93. The molecule has 0 saturated carbocycles. The third kappa shape index (κ3) is 4.43. The van der Waals surface area contributed by atoms with Crippen molar-refractivity contribution < 1.29 is 8.42 Å². The summed E-state index contributed by atoms with van der Waals surface area (Å²) >= 11 is 0. The highest BCUT2D eigenvalue weighted by molar-refractivity contribution is 7.90. The first-order valence-corrected chi connectivity index (χ1v) is 9.27. The van der Waals surface area contributed by atoms with Gasteiger partial charge in [-0.2, -0.15) is 0 Å². The van der Waals surface area contributed by atoms with E-state index in [9.17, 15) is 8.42 Å². The fourth-order valence-electron chi connectivity index (χ4n) is 2.61. The van der Waals surface area contributed by atoms with Gasteiger partial charge in [0.15, 0.2) is 9.84 Å². The van der Waals surface area contributed by atoms with Crippen LogP contribution in [0.1, 0.15) is 6.92 Å². The van der Waals surface area contributed by atoms with Gasteiger partial charge in [0.2, 0.25) is 0 Å². The van der Waals surface area contributed by atoms with Gasteiger partial charge in [-0.3, -0.25) is 4.90 Å². The van der Waals surface area contributed by atoms with Crippen molar-refractivity contribution in [2.24, 2.45) is 11.7 Å². The monoisotopic (exact) mass is 311 g/mol. The zero-order valence-electron chi connectivity index (χ0n) is 12.8. The first-order chi connectivity index (χ1) is 9.90. The van der Waals surface area contributed by atoms with Crippen LogP contribution in [0.2, 0.25) is 0 Å². The third-order valence-electron chi connectivity index (χ3n) is 3.97. The topological polar surface area (TPSA) is 66.6 Å². The number of nitrogens with zero attached hydrogens (tertiary/aromatic N) is 2. The molecule has 1 aliphatic rings. The van der Waals surface area contributed by atoms with Crippen LogP contribution in [-0.4, -0.2) is 58.8 Å². The van der Waals surface area contributed by atoms with Crippen LogP contribution in [0.15, 0.2) is 29.2 Å². The Labute approximate surface area is 127 Å². The van der Waals surface area contributed by atoms with Crippen LogP contribution in [0, 0.1) is 5.92 Å². The Bertz CT molecular complexity index is 549. The van der Waals surface area contributed by atoms with Crippen LogP contribution in [0.25, 0.3) is 0 Å². The lowest BCUT2D eigenvalue weighted by Crippen LogP contribution is -2.48. The van der Waals surface area contributed by atoms with Crippen molar-refractivity contribution in [2.45, 2.75) is 11.8 Å². The Morgan fingerprint density at radius 1 is 1.14 bits per heavy atom. The molecule has 1 aromatic carbocycles. The second kappa shape index (κ2) is 6.77. The average molecular weight is 311 g/mol. The van der Waals surface area contributed by atoms with E-state index < -0.39 is 9.84 Å². The van der Waals surface area contributed by atoms with E-state index in [-0.39, 0.29) is 0 Å². The molecule has 5 nitrogen and oxygen atoms in total. The van der Waals surface area contributed by atoms with Gasteiger partial charge in [-0.05, 0) is 36.7 Å². The molecule has 1 aromatic rings. The summed E-state index contributed by atoms with van der Waals surface area (Å²) in [6.07, 6.45) is 1.24. The lowest BCUT2D eigenvalue weighted by Gasteiger charge is -2.37. The summed E-state index contributed by atoms with van der Waals surface area (Å²) in [5, 5.41) is 0. The minimum atomic E-state index is -3.11. The molecule has 0 aromatic heterocycles. The number of rotatable bonds is 5. The molecule has 1 aliphatic heterocycles. The maximum Gasteiger partial charge on any atom is 0.175 e. The number of sulfone groups is 1. The zero-order chi connectivity index (χ0) is 15.5. The fourth-order valence-corrected chi connectivity index (χ4v) is 3.24. The first kappa shape index (κ1) is 16.3. The lowest BCUT2D eigenvalue weighted by molar-refractivity contribution is 0.227. The smallest absolute Gasteiger partial charge is 0.175 e. The van der Waals surface area contributed by atoms with Crippen LogP contribution in [0.5, 0.6) is 0 Å². The molecule has 2 rings (SSSR count). The molecule has 21 heavy (non-hydrogen) atoms. The fraction of sp³-hybridized carbons (Fsp3) is 0.600. The lowest BCUT2D eigenvalue weighted by atomic mass is 10.1. The second-order valence-corrected chi connectivity index (χ2v) is 7.91. The molecule has 1 unspecified atom stereocenters. The predicted molar refractivity (Wildman–Crippen MR) is 86.4 cm³/mol. The van der Waals surface area contributed by atoms with Gasteiger partial charge in [-0.1, -0.05) is 6.92 Å². The van der Waals surface area contributed by atoms with E-state index >= 15 is 0 Å². The summed E-state index contributed by atoms with van der Waals surface area (Å²) in [6.45, 7) is 7.95. The number of hydrogen-bond acceptors (Lipinski definition) is 5. The van der Waals surface area contributed by atoms with E-state index in [0.717, 1.165) is 45.0 Å². The normalized spacial score (nSPS) is 18.7. The van der Waals surface area contributed by atoms with Gasteiger partial charge in [0, 0.05) is 44.7 Å². The van der Waals surface area contributed by atoms with Crippen LogP contribution < -0.4 is 10.6 Å². The quantitative estimate of drug-likeness (QED) is 0.871. The van der Waals surface area contributed by atoms with Crippen molar-refractivity contribution in [3.05, 3.63) is 24.3 Å². The minimum Gasteiger partial charge on any atom is -0.369 e. The minimum absolute atomic E-state index is 0.377. The predicted octanol–water partition coefficient (Wildman–Crippen LogP) is 0.807. The van der Waals surface area contributed by atoms with Crippen LogP contribution in [-0.2, 0) is 9.84 Å². The maximum atomic E-state index is 11.5. The SMILES string of the molecule is CC(CN)CN1CCN(c2ccc(S(C)(=O)=O)cc2)CC1. The number of hydrogen-bond donors (Lipinski definition) is 1. The molecule has 1 fully saturated rings. The van der Waals surface area contributed by atoms with Crippen LogP contribution in [0.4, 0.5) is 5.69 Å². The molecule has 1 saturated heterocycles. The van der Waals surface area contributed by atoms with Crippen molar-refractivity contribution in [1.29, 1.82) is 0 Å². The van der Waals surface area contributed by atoms with Crippen LogP contribution >= 0.6 is 0 Å². The van der Waals surface area contributed by atoms with E-state index in [1.807, 2.05) is 12.1 Å². The number of nitrogens with two attached hydrogens (primary N) is 1. The number of anilines is 1. The van der Waals surface area contributed by atoms with Crippen molar-refractivity contribution in [3.63, 3.8) is 0 Å². The molecule has 0 spiro atoms. The summed E-state index contributed by atoms with van der Waals surface area (Å²) in [5.74, 6) is 0.533. The Morgan fingerprint density at radius 2 is 1.71 bits per heavy atom.